The van der Waals surface area contributed by atoms with Crippen LogP contribution in [0.3, 0.4) is 0 Å². The summed E-state index contributed by atoms with van der Waals surface area (Å²) in [5, 5.41) is 8.96. The molecule has 0 heterocycles. The fourth-order valence-corrected chi connectivity index (χ4v) is 2.13. The summed E-state index contributed by atoms with van der Waals surface area (Å²) in [5.41, 5.74) is 0.607. The van der Waals surface area contributed by atoms with Crippen molar-refractivity contribution < 1.29 is 4.74 Å². The van der Waals surface area contributed by atoms with E-state index in [1.807, 2.05) is 18.2 Å². The van der Waals surface area contributed by atoms with Crippen molar-refractivity contribution in [1.82, 2.24) is 4.90 Å². The topological polar surface area (TPSA) is 36.3 Å². The lowest BCUT2D eigenvalue weighted by Gasteiger charge is -2.24. The van der Waals surface area contributed by atoms with Crippen LogP contribution in [-0.4, -0.2) is 31.1 Å². The molecule has 0 bridgehead atoms. The van der Waals surface area contributed by atoms with Gasteiger partial charge < -0.3 is 9.64 Å². The minimum absolute atomic E-state index is 0.607. The van der Waals surface area contributed by atoms with Crippen LogP contribution in [-0.2, 0) is 0 Å². The van der Waals surface area contributed by atoms with Crippen molar-refractivity contribution >= 4 is 0 Å². The molecule has 0 amide bonds. The van der Waals surface area contributed by atoms with Gasteiger partial charge in [-0.3, -0.25) is 0 Å². The summed E-state index contributed by atoms with van der Waals surface area (Å²) in [6.07, 6.45) is 2.73. The molecular formula is C15H20N2O. The normalized spacial score (nSPS) is 16.3. The molecule has 0 radical (unpaired) electrons. The predicted molar refractivity (Wildman–Crippen MR) is 71.5 cm³/mol. The monoisotopic (exact) mass is 244 g/mol. The summed E-state index contributed by atoms with van der Waals surface area (Å²) in [6, 6.07) is 10.2. The van der Waals surface area contributed by atoms with Gasteiger partial charge >= 0.3 is 0 Å². The first-order valence-electron chi connectivity index (χ1n) is 6.54. The standard InChI is InChI=1S/C15H20N2O/c1-12(13-7-8-13)17(2)9-10-18-15-6-4-3-5-14(15)11-16/h3-6,12-13H,7-10H2,1-2H3. The highest BCUT2D eigenvalue weighted by Crippen LogP contribution is 2.34. The Morgan fingerprint density at radius 2 is 2.17 bits per heavy atom. The van der Waals surface area contributed by atoms with Gasteiger partial charge in [-0.2, -0.15) is 5.26 Å². The van der Waals surface area contributed by atoms with E-state index in [4.69, 9.17) is 10.00 Å². The number of nitriles is 1. The summed E-state index contributed by atoms with van der Waals surface area (Å²) in [4.78, 5) is 2.34. The first kappa shape index (κ1) is 12.9. The first-order chi connectivity index (χ1) is 8.72. The van der Waals surface area contributed by atoms with Crippen LogP contribution in [0.4, 0.5) is 0 Å². The Labute approximate surface area is 109 Å². The molecule has 1 atom stereocenters. The van der Waals surface area contributed by atoms with Gasteiger partial charge in [-0.25, -0.2) is 0 Å². The van der Waals surface area contributed by atoms with E-state index < -0.39 is 0 Å². The first-order valence-corrected chi connectivity index (χ1v) is 6.54. The molecule has 0 aromatic heterocycles. The lowest BCUT2D eigenvalue weighted by Crippen LogP contribution is -2.34. The molecule has 0 spiro atoms. The quantitative estimate of drug-likeness (QED) is 0.772. The summed E-state index contributed by atoms with van der Waals surface area (Å²) < 4.78 is 5.68. The highest BCUT2D eigenvalue weighted by Gasteiger charge is 2.30. The summed E-state index contributed by atoms with van der Waals surface area (Å²) in [5.74, 6) is 1.56. The molecule has 1 aliphatic carbocycles. The van der Waals surface area contributed by atoms with Gasteiger partial charge in [-0.1, -0.05) is 12.1 Å². The number of likely N-dealkylation sites (N-methyl/N-ethyl adjacent to an activating group) is 1. The van der Waals surface area contributed by atoms with Crippen LogP contribution >= 0.6 is 0 Å². The fraction of sp³-hybridized carbons (Fsp3) is 0.533. The van der Waals surface area contributed by atoms with Gasteiger partial charge in [0.1, 0.15) is 18.4 Å². The SMILES string of the molecule is CC(C1CC1)N(C)CCOc1ccccc1C#N. The van der Waals surface area contributed by atoms with Crippen molar-refractivity contribution in [2.45, 2.75) is 25.8 Å². The van der Waals surface area contributed by atoms with E-state index in [-0.39, 0.29) is 0 Å². The fourth-order valence-electron chi connectivity index (χ4n) is 2.13. The van der Waals surface area contributed by atoms with Crippen molar-refractivity contribution in [1.29, 1.82) is 5.26 Å². The summed E-state index contributed by atoms with van der Waals surface area (Å²) >= 11 is 0. The number of benzene rings is 1. The van der Waals surface area contributed by atoms with Crippen LogP contribution in [0.5, 0.6) is 5.75 Å². The number of para-hydroxylation sites is 1. The van der Waals surface area contributed by atoms with Crippen LogP contribution in [0.15, 0.2) is 24.3 Å². The third-order valence-electron chi connectivity index (χ3n) is 3.71. The molecule has 1 aromatic rings. The highest BCUT2D eigenvalue weighted by molar-refractivity contribution is 5.42. The third kappa shape index (κ3) is 3.24. The molecule has 0 saturated heterocycles. The van der Waals surface area contributed by atoms with Gasteiger partial charge in [-0.05, 0) is 44.9 Å². The Hall–Kier alpha value is -1.53. The molecule has 3 nitrogen and oxygen atoms in total. The van der Waals surface area contributed by atoms with Crippen LogP contribution in [0, 0.1) is 17.2 Å². The molecule has 1 fully saturated rings. The molecule has 1 aromatic carbocycles. The van der Waals surface area contributed by atoms with Gasteiger partial charge in [0.15, 0.2) is 0 Å². The van der Waals surface area contributed by atoms with Crippen molar-refractivity contribution in [2.75, 3.05) is 20.2 Å². The van der Waals surface area contributed by atoms with E-state index in [0.29, 0.717) is 24.0 Å². The van der Waals surface area contributed by atoms with Crippen molar-refractivity contribution in [3.8, 4) is 11.8 Å². The lowest BCUT2D eigenvalue weighted by atomic mass is 10.2. The Balaban J connectivity index is 1.79. The lowest BCUT2D eigenvalue weighted by molar-refractivity contribution is 0.186. The minimum atomic E-state index is 0.607. The number of nitrogens with zero attached hydrogens (tertiary/aromatic N) is 2. The second kappa shape index (κ2) is 5.88. The van der Waals surface area contributed by atoms with Gasteiger partial charge in [0, 0.05) is 12.6 Å². The second-order valence-electron chi connectivity index (χ2n) is 5.02. The van der Waals surface area contributed by atoms with E-state index >= 15 is 0 Å². The van der Waals surface area contributed by atoms with E-state index in [1.54, 1.807) is 6.07 Å². The van der Waals surface area contributed by atoms with E-state index in [1.165, 1.54) is 12.8 Å². The Morgan fingerprint density at radius 3 is 2.83 bits per heavy atom. The molecule has 0 N–H and O–H groups in total. The maximum atomic E-state index is 8.96. The molecule has 1 saturated carbocycles. The van der Waals surface area contributed by atoms with E-state index in [9.17, 15) is 0 Å². The smallest absolute Gasteiger partial charge is 0.137 e. The molecule has 3 heteroatoms. The minimum Gasteiger partial charge on any atom is -0.491 e. The van der Waals surface area contributed by atoms with Gasteiger partial charge in [0.25, 0.3) is 0 Å². The molecule has 18 heavy (non-hydrogen) atoms. The van der Waals surface area contributed by atoms with Crippen LogP contribution in [0.2, 0.25) is 0 Å². The number of rotatable bonds is 6. The van der Waals surface area contributed by atoms with Crippen molar-refractivity contribution in [2.24, 2.45) is 5.92 Å². The zero-order valence-corrected chi connectivity index (χ0v) is 11.1. The van der Waals surface area contributed by atoms with Crippen molar-refractivity contribution in [3.05, 3.63) is 29.8 Å². The number of hydrogen-bond acceptors (Lipinski definition) is 3. The number of ether oxygens (including phenoxy) is 1. The van der Waals surface area contributed by atoms with Crippen LogP contribution < -0.4 is 4.74 Å². The molecular weight excluding hydrogens is 224 g/mol. The molecule has 96 valence electrons. The zero-order chi connectivity index (χ0) is 13.0. The van der Waals surface area contributed by atoms with Gasteiger partial charge in [0.05, 0.1) is 5.56 Å². The Morgan fingerprint density at radius 1 is 1.44 bits per heavy atom. The average molecular weight is 244 g/mol. The van der Waals surface area contributed by atoms with Crippen molar-refractivity contribution in [3.63, 3.8) is 0 Å². The molecule has 1 aliphatic rings. The van der Waals surface area contributed by atoms with E-state index in [2.05, 4.69) is 24.9 Å². The largest absolute Gasteiger partial charge is 0.491 e. The summed E-state index contributed by atoms with van der Waals surface area (Å²) in [6.45, 7) is 3.81. The van der Waals surface area contributed by atoms with Crippen LogP contribution in [0.25, 0.3) is 0 Å². The molecule has 1 unspecified atom stereocenters. The molecule has 2 rings (SSSR count). The average Bonchev–Trinajstić information content (AvgIpc) is 3.22. The maximum Gasteiger partial charge on any atom is 0.137 e. The van der Waals surface area contributed by atoms with E-state index in [0.717, 1.165) is 12.5 Å². The highest BCUT2D eigenvalue weighted by atomic mass is 16.5. The van der Waals surface area contributed by atoms with Gasteiger partial charge in [-0.15, -0.1) is 0 Å². The van der Waals surface area contributed by atoms with Crippen LogP contribution in [0.1, 0.15) is 25.3 Å². The molecule has 0 aliphatic heterocycles. The summed E-state index contributed by atoms with van der Waals surface area (Å²) in [7, 11) is 2.14. The Bertz CT molecular complexity index is 434. The second-order valence-corrected chi connectivity index (χ2v) is 5.02. The maximum absolute atomic E-state index is 8.96. The number of hydrogen-bond donors (Lipinski definition) is 0. The predicted octanol–water partition coefficient (Wildman–Crippen LogP) is 2.67. The zero-order valence-electron chi connectivity index (χ0n) is 11.1. The Kier molecular flexibility index (Phi) is 4.22. The van der Waals surface area contributed by atoms with Gasteiger partial charge in [0.2, 0.25) is 0 Å². The third-order valence-corrected chi connectivity index (χ3v) is 3.71.